The molecular formula is C21H23NO3S. The lowest BCUT2D eigenvalue weighted by Gasteiger charge is -2.27. The van der Waals surface area contributed by atoms with Gasteiger partial charge in [-0.15, -0.1) is 0 Å². The molecule has 0 aliphatic heterocycles. The van der Waals surface area contributed by atoms with E-state index in [-0.39, 0.29) is 5.92 Å². The fourth-order valence-electron chi connectivity index (χ4n) is 4.25. The van der Waals surface area contributed by atoms with Crippen molar-refractivity contribution < 1.29 is 13.0 Å². The molecule has 136 valence electrons. The second-order valence-corrected chi connectivity index (χ2v) is 8.79. The Balaban J connectivity index is 1.94. The summed E-state index contributed by atoms with van der Waals surface area (Å²) in [5.74, 6) is -0.199. The molecule has 2 aromatic rings. The fourth-order valence-corrected chi connectivity index (χ4v) is 5.29. The summed E-state index contributed by atoms with van der Waals surface area (Å²) in [5.41, 5.74) is 2.31. The minimum atomic E-state index is -4.09. The molecular weight excluding hydrogens is 346 g/mol. The van der Waals surface area contributed by atoms with Crippen molar-refractivity contribution in [2.75, 3.05) is 13.6 Å². The van der Waals surface area contributed by atoms with E-state index in [9.17, 15) is 13.0 Å². The first-order chi connectivity index (χ1) is 12.5. The zero-order valence-corrected chi connectivity index (χ0v) is 15.6. The molecule has 2 aliphatic rings. The summed E-state index contributed by atoms with van der Waals surface area (Å²) in [6.45, 7) is 0.710. The highest BCUT2D eigenvalue weighted by molar-refractivity contribution is 7.86. The summed E-state index contributed by atoms with van der Waals surface area (Å²) in [6, 6.07) is 8.43. The average Bonchev–Trinajstić information content (AvgIpc) is 2.64. The predicted octanol–water partition coefficient (Wildman–Crippen LogP) is 1.55. The summed E-state index contributed by atoms with van der Waals surface area (Å²) in [5, 5.41) is 7.05. The molecule has 4 nitrogen and oxygen atoms in total. The van der Waals surface area contributed by atoms with Gasteiger partial charge in [0.2, 0.25) is 0 Å². The molecule has 0 spiro atoms. The second-order valence-electron chi connectivity index (χ2n) is 7.15. The Morgan fingerprint density at radius 1 is 1.12 bits per heavy atom. The van der Waals surface area contributed by atoms with Crippen LogP contribution in [0.15, 0.2) is 36.4 Å². The van der Waals surface area contributed by atoms with Crippen molar-refractivity contribution in [2.24, 2.45) is 5.92 Å². The molecule has 26 heavy (non-hydrogen) atoms. The SMILES string of the molecule is CNCCC1C=c2c(ccc3c4c(ccc23)CC=CC=4)CC1S(=O)(=O)O. The van der Waals surface area contributed by atoms with Gasteiger partial charge in [0.1, 0.15) is 0 Å². The van der Waals surface area contributed by atoms with Crippen molar-refractivity contribution >= 4 is 33.0 Å². The first-order valence-corrected chi connectivity index (χ1v) is 10.5. The third-order valence-corrected chi connectivity index (χ3v) is 6.87. The number of allylic oxidation sites excluding steroid dienone is 2. The third-order valence-electron chi connectivity index (χ3n) is 5.59. The smallest absolute Gasteiger partial charge is 0.268 e. The van der Waals surface area contributed by atoms with Crippen LogP contribution < -0.4 is 15.8 Å². The lowest BCUT2D eigenvalue weighted by Crippen LogP contribution is -2.38. The number of hydrogen-bond acceptors (Lipinski definition) is 3. The Kier molecular flexibility index (Phi) is 4.47. The highest BCUT2D eigenvalue weighted by Gasteiger charge is 2.33. The molecule has 0 heterocycles. The van der Waals surface area contributed by atoms with E-state index >= 15 is 0 Å². The molecule has 0 amide bonds. The Bertz CT molecular complexity index is 1120. The first kappa shape index (κ1) is 17.5. The van der Waals surface area contributed by atoms with Gasteiger partial charge in [0.25, 0.3) is 10.1 Å². The van der Waals surface area contributed by atoms with Gasteiger partial charge in [-0.1, -0.05) is 48.6 Å². The molecule has 0 aromatic heterocycles. The second kappa shape index (κ2) is 6.65. The van der Waals surface area contributed by atoms with Gasteiger partial charge >= 0.3 is 0 Å². The van der Waals surface area contributed by atoms with Gasteiger partial charge in [-0.2, -0.15) is 8.42 Å². The Hall–Kier alpha value is -1.95. The van der Waals surface area contributed by atoms with Crippen LogP contribution in [0.25, 0.3) is 22.9 Å². The fraction of sp³-hybridized carbons (Fsp3) is 0.333. The van der Waals surface area contributed by atoms with Crippen molar-refractivity contribution in [3.8, 4) is 0 Å². The van der Waals surface area contributed by atoms with Crippen LogP contribution in [0.2, 0.25) is 0 Å². The average molecular weight is 369 g/mol. The maximum absolute atomic E-state index is 11.9. The monoisotopic (exact) mass is 369 g/mol. The zero-order chi connectivity index (χ0) is 18.3. The lowest BCUT2D eigenvalue weighted by molar-refractivity contribution is 0.436. The normalized spacial score (nSPS) is 21.6. The van der Waals surface area contributed by atoms with Crippen LogP contribution in [0.5, 0.6) is 0 Å². The largest absolute Gasteiger partial charge is 0.320 e. The van der Waals surface area contributed by atoms with Crippen LogP contribution in [0, 0.1) is 5.92 Å². The van der Waals surface area contributed by atoms with E-state index < -0.39 is 15.4 Å². The highest BCUT2D eigenvalue weighted by atomic mass is 32.2. The van der Waals surface area contributed by atoms with E-state index in [2.05, 4.69) is 47.8 Å². The predicted molar refractivity (Wildman–Crippen MR) is 106 cm³/mol. The minimum absolute atomic E-state index is 0.199. The van der Waals surface area contributed by atoms with Crippen LogP contribution in [0.1, 0.15) is 17.5 Å². The molecule has 0 bridgehead atoms. The van der Waals surface area contributed by atoms with E-state index in [1.54, 1.807) is 0 Å². The van der Waals surface area contributed by atoms with Crippen molar-refractivity contribution in [3.63, 3.8) is 0 Å². The molecule has 2 aromatic carbocycles. The van der Waals surface area contributed by atoms with Gasteiger partial charge in [-0.05, 0) is 71.1 Å². The van der Waals surface area contributed by atoms with E-state index in [0.29, 0.717) is 19.4 Å². The molecule has 2 N–H and O–H groups in total. The van der Waals surface area contributed by atoms with Crippen LogP contribution in [0.4, 0.5) is 0 Å². The number of rotatable bonds is 4. The van der Waals surface area contributed by atoms with Crippen molar-refractivity contribution in [1.82, 2.24) is 5.32 Å². The molecule has 2 atom stereocenters. The van der Waals surface area contributed by atoms with Gasteiger partial charge in [-0.3, -0.25) is 4.55 Å². The molecule has 5 heteroatoms. The van der Waals surface area contributed by atoms with Crippen LogP contribution in [0.3, 0.4) is 0 Å². The topological polar surface area (TPSA) is 66.4 Å². The Labute approximate surface area is 153 Å². The summed E-state index contributed by atoms with van der Waals surface area (Å²) < 4.78 is 33.6. The molecule has 2 aliphatic carbocycles. The van der Waals surface area contributed by atoms with E-state index in [4.69, 9.17) is 0 Å². The quantitative estimate of drug-likeness (QED) is 0.803. The van der Waals surface area contributed by atoms with Gasteiger partial charge in [-0.25, -0.2) is 0 Å². The molecule has 0 saturated carbocycles. The maximum atomic E-state index is 11.9. The maximum Gasteiger partial charge on any atom is 0.268 e. The molecule has 0 radical (unpaired) electrons. The Morgan fingerprint density at radius 2 is 1.85 bits per heavy atom. The van der Waals surface area contributed by atoms with E-state index in [1.807, 2.05) is 13.1 Å². The first-order valence-electron chi connectivity index (χ1n) is 9.02. The Morgan fingerprint density at radius 3 is 2.58 bits per heavy atom. The highest BCUT2D eigenvalue weighted by Crippen LogP contribution is 2.26. The molecule has 0 saturated heterocycles. The van der Waals surface area contributed by atoms with Crippen LogP contribution >= 0.6 is 0 Å². The summed E-state index contributed by atoms with van der Waals surface area (Å²) >= 11 is 0. The number of hydrogen-bond donors (Lipinski definition) is 2. The van der Waals surface area contributed by atoms with Gasteiger partial charge in [0.05, 0.1) is 5.25 Å². The number of benzene rings is 2. The van der Waals surface area contributed by atoms with Gasteiger partial charge < -0.3 is 5.32 Å². The van der Waals surface area contributed by atoms with Crippen LogP contribution in [-0.2, 0) is 23.0 Å². The molecule has 2 unspecified atom stereocenters. The van der Waals surface area contributed by atoms with Crippen molar-refractivity contribution in [3.05, 3.63) is 58.0 Å². The van der Waals surface area contributed by atoms with E-state index in [0.717, 1.165) is 22.6 Å². The van der Waals surface area contributed by atoms with Crippen molar-refractivity contribution in [1.29, 1.82) is 0 Å². The van der Waals surface area contributed by atoms with E-state index in [1.165, 1.54) is 16.2 Å². The van der Waals surface area contributed by atoms with Crippen LogP contribution in [-0.4, -0.2) is 31.8 Å². The minimum Gasteiger partial charge on any atom is -0.320 e. The summed E-state index contributed by atoms with van der Waals surface area (Å²) in [4.78, 5) is 0. The van der Waals surface area contributed by atoms with Crippen molar-refractivity contribution in [2.45, 2.75) is 24.5 Å². The summed E-state index contributed by atoms with van der Waals surface area (Å²) in [7, 11) is -2.24. The standard InChI is InChI=1S/C21H23NO3S/c1-22-11-10-16-12-20-15(13-21(16)26(23,24)25)7-9-18-17-5-3-2-4-14(17)6-8-19(18)20/h2-3,5-9,12,16,21-22H,4,10-11,13H2,1H3,(H,23,24,25). The lowest BCUT2D eigenvalue weighted by atomic mass is 9.85. The molecule has 0 fully saturated rings. The number of nitrogens with one attached hydrogen (secondary N) is 1. The number of fused-ring (bicyclic) bond motifs is 5. The van der Waals surface area contributed by atoms with Gasteiger partial charge in [0.15, 0.2) is 0 Å². The van der Waals surface area contributed by atoms with Gasteiger partial charge in [0, 0.05) is 0 Å². The molecule has 4 rings (SSSR count). The summed E-state index contributed by atoms with van der Waals surface area (Å²) in [6.07, 6.45) is 10.4. The third kappa shape index (κ3) is 3.00. The zero-order valence-electron chi connectivity index (χ0n) is 14.8.